The summed E-state index contributed by atoms with van der Waals surface area (Å²) in [5.74, 6) is 0.615. The van der Waals surface area contributed by atoms with Gasteiger partial charge in [-0.2, -0.15) is 4.34 Å². The number of imidazole rings is 1. The van der Waals surface area contributed by atoms with Crippen LogP contribution in [0.15, 0.2) is 14.4 Å². The molecule has 0 spiro atoms. The summed E-state index contributed by atoms with van der Waals surface area (Å²) in [6.45, 7) is 4.36. The van der Waals surface area contributed by atoms with E-state index in [-0.39, 0.29) is 21.3 Å². The van der Waals surface area contributed by atoms with Gasteiger partial charge < -0.3 is 9.63 Å². The normalized spacial score (nSPS) is 14.6. The van der Waals surface area contributed by atoms with Crippen LogP contribution in [0.1, 0.15) is 129 Å². The van der Waals surface area contributed by atoms with Crippen LogP contribution in [-0.2, 0) is 24.6 Å². The Morgan fingerprint density at radius 1 is 0.773 bits per heavy atom. The molecule has 12 nitrogen and oxygen atoms in total. The minimum Gasteiger partial charge on any atom is -0.375 e. The molecule has 0 aliphatic heterocycles. The number of aromatic amines is 3. The van der Waals surface area contributed by atoms with Crippen LogP contribution in [0.2, 0.25) is 0 Å². The van der Waals surface area contributed by atoms with E-state index in [9.17, 15) is 28.1 Å². The summed E-state index contributed by atoms with van der Waals surface area (Å²) >= 11 is 0. The Bertz CT molecular complexity index is 1320. The van der Waals surface area contributed by atoms with Gasteiger partial charge in [-0.1, -0.05) is 117 Å². The minimum atomic E-state index is -4.98. The average molecular weight is 663 g/mol. The third-order valence-electron chi connectivity index (χ3n) is 7.69. The van der Waals surface area contributed by atoms with Crippen LogP contribution in [0.5, 0.6) is 0 Å². The second kappa shape index (κ2) is 21.9. The molecule has 0 radical (unpaired) electrons. The number of nitrogens with zero attached hydrogens (tertiary/aromatic N) is 1. The summed E-state index contributed by atoms with van der Waals surface area (Å²) in [5, 5.41) is 0. The quantitative estimate of drug-likeness (QED) is 0.0678. The van der Waals surface area contributed by atoms with Gasteiger partial charge in [-0.3, -0.25) is 28.5 Å². The fourth-order valence-electron chi connectivity index (χ4n) is 5.13. The lowest BCUT2D eigenvalue weighted by Gasteiger charge is -2.20. The van der Waals surface area contributed by atoms with Gasteiger partial charge in [0, 0.05) is 23.2 Å². The van der Waals surface area contributed by atoms with Gasteiger partial charge in [-0.15, -0.1) is 0 Å². The molecule has 3 unspecified atom stereocenters. The third-order valence-corrected chi connectivity index (χ3v) is 10.5. The van der Waals surface area contributed by atoms with Gasteiger partial charge in [0.05, 0.1) is 18.5 Å². The molecule has 0 aromatic carbocycles. The average Bonchev–Trinajstić information content (AvgIpc) is 3.36. The van der Waals surface area contributed by atoms with E-state index in [2.05, 4.69) is 28.8 Å². The molecule has 2 rings (SSSR count). The van der Waals surface area contributed by atoms with Crippen molar-refractivity contribution < 1.29 is 22.9 Å². The molecular weight excluding hydrogens is 607 g/mol. The zero-order valence-electron chi connectivity index (χ0n) is 26.7. The number of hydrogen-bond donors (Lipinski definition) is 4. The number of H-pyrrole nitrogens is 3. The summed E-state index contributed by atoms with van der Waals surface area (Å²) in [6.07, 6.45) is 20.0. The summed E-state index contributed by atoms with van der Waals surface area (Å²) in [6, 6.07) is 0. The Morgan fingerprint density at radius 3 is 1.86 bits per heavy atom. The van der Waals surface area contributed by atoms with Gasteiger partial charge in [-0.05, 0) is 12.8 Å². The lowest BCUT2D eigenvalue weighted by molar-refractivity contribution is 0.0288. The number of ether oxygens (including phenoxy) is 1. The lowest BCUT2D eigenvalue weighted by atomic mass is 10.1. The molecule has 2 aromatic rings. The first-order valence-corrected chi connectivity index (χ1v) is 19.6. The second-order valence-electron chi connectivity index (χ2n) is 11.6. The smallest absolute Gasteiger partial charge is 0.375 e. The van der Waals surface area contributed by atoms with Crippen molar-refractivity contribution in [1.82, 2.24) is 19.3 Å². The maximum Gasteiger partial charge on any atom is 0.443 e. The highest BCUT2D eigenvalue weighted by molar-refractivity contribution is 7.85. The SMILES string of the molecule is CCCCCCCCCCCCOC(COP(=O)(O)n1c(=O)[nH]c2[nH]c(=O)[nH]c2c1=O)CS(=O)CCCCCCCCCC. The zero-order chi connectivity index (χ0) is 32.2. The van der Waals surface area contributed by atoms with Crippen molar-refractivity contribution in [3.05, 3.63) is 31.3 Å². The molecule has 3 atom stereocenters. The van der Waals surface area contributed by atoms with Gasteiger partial charge >= 0.3 is 19.1 Å². The van der Waals surface area contributed by atoms with E-state index >= 15 is 0 Å². The molecule has 0 saturated carbocycles. The molecule has 0 aliphatic rings. The summed E-state index contributed by atoms with van der Waals surface area (Å²) in [5.41, 5.74) is -3.67. The van der Waals surface area contributed by atoms with Crippen LogP contribution in [0, 0.1) is 0 Å². The van der Waals surface area contributed by atoms with E-state index in [0.29, 0.717) is 12.4 Å². The van der Waals surface area contributed by atoms with Crippen LogP contribution in [0.3, 0.4) is 0 Å². The first-order valence-electron chi connectivity index (χ1n) is 16.6. The van der Waals surface area contributed by atoms with Gasteiger partial charge in [0.1, 0.15) is 5.65 Å². The van der Waals surface area contributed by atoms with Crippen molar-refractivity contribution >= 4 is 29.7 Å². The summed E-state index contributed by atoms with van der Waals surface area (Å²) in [4.78, 5) is 53.9. The van der Waals surface area contributed by atoms with Crippen LogP contribution in [-0.4, -0.2) is 59.2 Å². The lowest BCUT2D eigenvalue weighted by Crippen LogP contribution is -2.35. The van der Waals surface area contributed by atoms with Gasteiger partial charge in [0.2, 0.25) is 0 Å². The Labute approximate surface area is 263 Å². The number of aromatic nitrogens is 4. The second-order valence-corrected chi connectivity index (χ2v) is 14.9. The molecule has 44 heavy (non-hydrogen) atoms. The molecule has 0 amide bonds. The highest BCUT2D eigenvalue weighted by Crippen LogP contribution is 2.40. The fourth-order valence-corrected chi connectivity index (χ4v) is 7.52. The number of rotatable bonds is 27. The third kappa shape index (κ3) is 14.5. The van der Waals surface area contributed by atoms with Crippen LogP contribution >= 0.6 is 7.75 Å². The van der Waals surface area contributed by atoms with Gasteiger partial charge in [0.15, 0.2) is 5.52 Å². The van der Waals surface area contributed by atoms with Crippen LogP contribution in [0.25, 0.3) is 11.2 Å². The standard InChI is InChI=1S/C30H55N4O8PS/c1-3-5-7-9-11-13-14-15-17-19-21-41-25(24-44(40)22-20-18-16-12-10-8-6-4-2)23-42-43(38,39)34-28(35)26-27(33-30(34)37)32-29(36)31-26/h25H,3-24H2,1-2H3,(H,33,37)(H,38,39)(H2,31,32,36). The van der Waals surface area contributed by atoms with Crippen molar-refractivity contribution in [3.8, 4) is 0 Å². The Morgan fingerprint density at radius 2 is 1.30 bits per heavy atom. The Hall–Kier alpha value is -1.79. The molecule has 14 heteroatoms. The highest BCUT2D eigenvalue weighted by Gasteiger charge is 2.30. The number of hydrogen-bond acceptors (Lipinski definition) is 7. The zero-order valence-corrected chi connectivity index (χ0v) is 28.5. The molecule has 4 N–H and O–H groups in total. The van der Waals surface area contributed by atoms with Crippen molar-refractivity contribution in [2.45, 2.75) is 136 Å². The van der Waals surface area contributed by atoms with E-state index in [4.69, 9.17) is 9.26 Å². The molecule has 2 heterocycles. The maximum atomic E-state index is 13.0. The summed E-state index contributed by atoms with van der Waals surface area (Å²) < 4.78 is 37.2. The van der Waals surface area contributed by atoms with Crippen molar-refractivity contribution in [2.24, 2.45) is 0 Å². The highest BCUT2D eigenvalue weighted by atomic mass is 32.2. The molecule has 0 saturated heterocycles. The summed E-state index contributed by atoms with van der Waals surface area (Å²) in [7, 11) is -6.21. The Balaban J connectivity index is 1.89. The number of nitrogens with one attached hydrogen (secondary N) is 3. The topological polar surface area (TPSA) is 176 Å². The molecule has 2 aromatic heterocycles. The molecule has 0 fully saturated rings. The Kier molecular flexibility index (Phi) is 19.1. The maximum absolute atomic E-state index is 13.0. The van der Waals surface area contributed by atoms with E-state index in [1.54, 1.807) is 0 Å². The van der Waals surface area contributed by atoms with E-state index < -0.39 is 48.2 Å². The first-order chi connectivity index (χ1) is 21.2. The molecule has 0 aliphatic carbocycles. The predicted octanol–water partition coefficient (Wildman–Crippen LogP) is 5.87. The van der Waals surface area contributed by atoms with Crippen molar-refractivity contribution in [2.75, 3.05) is 24.7 Å². The van der Waals surface area contributed by atoms with Crippen molar-refractivity contribution in [1.29, 1.82) is 0 Å². The fraction of sp³-hybridized carbons (Fsp3) is 0.833. The first kappa shape index (κ1) is 38.4. The monoisotopic (exact) mass is 662 g/mol. The van der Waals surface area contributed by atoms with Crippen molar-refractivity contribution in [3.63, 3.8) is 0 Å². The van der Waals surface area contributed by atoms with Gasteiger partial charge in [0.25, 0.3) is 5.56 Å². The number of fused-ring (bicyclic) bond motifs is 1. The molecular formula is C30H55N4O8PS. The predicted molar refractivity (Wildman–Crippen MR) is 177 cm³/mol. The largest absolute Gasteiger partial charge is 0.443 e. The van der Waals surface area contributed by atoms with Crippen LogP contribution < -0.4 is 16.9 Å². The van der Waals surface area contributed by atoms with E-state index in [0.717, 1.165) is 38.5 Å². The molecule has 0 bridgehead atoms. The minimum absolute atomic E-state index is 0.0654. The number of unbranched alkanes of at least 4 members (excludes halogenated alkanes) is 16. The van der Waals surface area contributed by atoms with Crippen LogP contribution in [0.4, 0.5) is 0 Å². The van der Waals surface area contributed by atoms with Gasteiger partial charge in [-0.25, -0.2) is 14.2 Å². The molecule has 254 valence electrons. The van der Waals surface area contributed by atoms with E-state index in [1.165, 1.54) is 77.0 Å². The van der Waals surface area contributed by atoms with E-state index in [1.807, 2.05) is 0 Å².